The van der Waals surface area contributed by atoms with Crippen LogP contribution in [0.25, 0.3) is 0 Å². The second-order valence-electron chi connectivity index (χ2n) is 9.07. The molecule has 3 amide bonds. The summed E-state index contributed by atoms with van der Waals surface area (Å²) < 4.78 is 5.17. The van der Waals surface area contributed by atoms with Gasteiger partial charge >= 0.3 is 0 Å². The summed E-state index contributed by atoms with van der Waals surface area (Å²) in [6.07, 6.45) is 2.80. The average Bonchev–Trinajstić information content (AvgIpc) is 3.28. The van der Waals surface area contributed by atoms with Gasteiger partial charge in [0.25, 0.3) is 11.8 Å². The molecule has 2 N–H and O–H groups in total. The third-order valence-electron chi connectivity index (χ3n) is 5.61. The molecule has 166 valence electrons. The van der Waals surface area contributed by atoms with Crippen LogP contribution in [0.1, 0.15) is 67.0 Å². The quantitative estimate of drug-likeness (QED) is 0.770. The third kappa shape index (κ3) is 5.75. The van der Waals surface area contributed by atoms with Gasteiger partial charge in [-0.25, -0.2) is 0 Å². The van der Waals surface area contributed by atoms with Gasteiger partial charge in [-0.2, -0.15) is 0 Å². The van der Waals surface area contributed by atoms with Gasteiger partial charge < -0.3 is 20.0 Å². The standard InChI is InChI=1S/C24H31N3O4/c1-16(25-22(29)17-7-9-18(10-8-17)24(2,3)4)21(28)26-19-11-13-27(14-12-19)23(30)20-6-5-15-31-20/h5-10,15-16,19H,11-14H2,1-4H3,(H,25,29)(H,26,28). The summed E-state index contributed by atoms with van der Waals surface area (Å²) in [5.41, 5.74) is 1.68. The molecule has 0 bridgehead atoms. The van der Waals surface area contributed by atoms with Crippen LogP contribution in [0.5, 0.6) is 0 Å². The van der Waals surface area contributed by atoms with E-state index in [1.807, 2.05) is 12.1 Å². The number of carbonyl (C=O) groups excluding carboxylic acids is 3. The molecule has 1 aromatic carbocycles. The lowest BCUT2D eigenvalue weighted by atomic mass is 9.86. The van der Waals surface area contributed by atoms with E-state index in [0.717, 1.165) is 5.56 Å². The van der Waals surface area contributed by atoms with Crippen molar-refractivity contribution in [1.29, 1.82) is 0 Å². The van der Waals surface area contributed by atoms with Gasteiger partial charge in [0.1, 0.15) is 6.04 Å². The fraction of sp³-hybridized carbons (Fsp3) is 0.458. The molecule has 31 heavy (non-hydrogen) atoms. The van der Waals surface area contributed by atoms with Crippen LogP contribution >= 0.6 is 0 Å². The summed E-state index contributed by atoms with van der Waals surface area (Å²) in [4.78, 5) is 39.1. The maximum Gasteiger partial charge on any atom is 0.289 e. The minimum atomic E-state index is -0.655. The largest absolute Gasteiger partial charge is 0.459 e. The molecule has 1 unspecified atom stereocenters. The molecule has 0 saturated carbocycles. The lowest BCUT2D eigenvalue weighted by molar-refractivity contribution is -0.123. The molecule has 7 nitrogen and oxygen atoms in total. The van der Waals surface area contributed by atoms with E-state index in [1.165, 1.54) is 6.26 Å². The molecule has 1 fully saturated rings. The Kier molecular flexibility index (Phi) is 6.83. The van der Waals surface area contributed by atoms with Crippen molar-refractivity contribution < 1.29 is 18.8 Å². The first-order valence-corrected chi connectivity index (χ1v) is 10.7. The lowest BCUT2D eigenvalue weighted by Gasteiger charge is -2.32. The maximum absolute atomic E-state index is 12.5. The molecule has 0 spiro atoms. The number of amides is 3. The molecule has 1 saturated heterocycles. The Balaban J connectivity index is 1.46. The average molecular weight is 426 g/mol. The van der Waals surface area contributed by atoms with E-state index in [9.17, 15) is 14.4 Å². The molecule has 1 aromatic heterocycles. The zero-order valence-electron chi connectivity index (χ0n) is 18.6. The van der Waals surface area contributed by atoms with Crippen molar-refractivity contribution >= 4 is 17.7 Å². The molecule has 7 heteroatoms. The number of nitrogens with one attached hydrogen (secondary N) is 2. The number of hydrogen-bond acceptors (Lipinski definition) is 4. The van der Waals surface area contributed by atoms with Crippen molar-refractivity contribution in [2.24, 2.45) is 0 Å². The Morgan fingerprint density at radius 1 is 1.06 bits per heavy atom. The van der Waals surface area contributed by atoms with Crippen LogP contribution in [0.3, 0.4) is 0 Å². The van der Waals surface area contributed by atoms with Gasteiger partial charge in [0.2, 0.25) is 5.91 Å². The highest BCUT2D eigenvalue weighted by molar-refractivity contribution is 5.97. The first kappa shape index (κ1) is 22.6. The molecule has 0 radical (unpaired) electrons. The van der Waals surface area contributed by atoms with E-state index in [2.05, 4.69) is 31.4 Å². The van der Waals surface area contributed by atoms with Gasteiger partial charge in [0.15, 0.2) is 5.76 Å². The Morgan fingerprint density at radius 3 is 2.26 bits per heavy atom. The van der Waals surface area contributed by atoms with Crippen molar-refractivity contribution in [2.75, 3.05) is 13.1 Å². The van der Waals surface area contributed by atoms with Gasteiger partial charge in [0, 0.05) is 24.7 Å². The SMILES string of the molecule is CC(NC(=O)c1ccc(C(C)(C)C)cc1)C(=O)NC1CCN(C(=O)c2ccco2)CC1. The summed E-state index contributed by atoms with van der Waals surface area (Å²) in [6, 6.07) is 10.1. The smallest absolute Gasteiger partial charge is 0.289 e. The van der Waals surface area contributed by atoms with Crippen LogP contribution in [-0.4, -0.2) is 47.8 Å². The molecule has 2 aromatic rings. The molecule has 1 aliphatic rings. The van der Waals surface area contributed by atoms with Gasteiger partial charge in [0.05, 0.1) is 6.26 Å². The number of piperidine rings is 1. The lowest BCUT2D eigenvalue weighted by Crippen LogP contribution is -2.51. The van der Waals surface area contributed by atoms with Crippen molar-refractivity contribution in [2.45, 2.75) is 58.0 Å². The van der Waals surface area contributed by atoms with Crippen molar-refractivity contribution in [1.82, 2.24) is 15.5 Å². The van der Waals surface area contributed by atoms with E-state index in [1.54, 1.807) is 36.1 Å². The van der Waals surface area contributed by atoms with Gasteiger partial charge in [-0.05, 0) is 55.0 Å². The van der Waals surface area contributed by atoms with Gasteiger partial charge in [-0.15, -0.1) is 0 Å². The normalized spacial score (nSPS) is 15.9. The van der Waals surface area contributed by atoms with Crippen LogP contribution in [-0.2, 0) is 10.2 Å². The summed E-state index contributed by atoms with van der Waals surface area (Å²) in [5.74, 6) is -0.306. The topological polar surface area (TPSA) is 91.7 Å². The van der Waals surface area contributed by atoms with E-state index in [4.69, 9.17) is 4.42 Å². The Morgan fingerprint density at radius 2 is 1.71 bits per heavy atom. The number of nitrogens with zero attached hydrogens (tertiary/aromatic N) is 1. The second-order valence-corrected chi connectivity index (χ2v) is 9.07. The van der Waals surface area contributed by atoms with Crippen LogP contribution < -0.4 is 10.6 Å². The third-order valence-corrected chi connectivity index (χ3v) is 5.61. The zero-order chi connectivity index (χ0) is 22.6. The van der Waals surface area contributed by atoms with E-state index >= 15 is 0 Å². The fourth-order valence-corrected chi connectivity index (χ4v) is 3.58. The van der Waals surface area contributed by atoms with Crippen molar-refractivity contribution in [3.8, 4) is 0 Å². The number of benzene rings is 1. The second kappa shape index (κ2) is 9.37. The van der Waals surface area contributed by atoms with Gasteiger partial charge in [-0.3, -0.25) is 14.4 Å². The van der Waals surface area contributed by atoms with Crippen LogP contribution in [0, 0.1) is 0 Å². The predicted molar refractivity (Wildman–Crippen MR) is 118 cm³/mol. The molecular weight excluding hydrogens is 394 g/mol. The number of furan rings is 1. The molecule has 1 atom stereocenters. The van der Waals surface area contributed by atoms with Crippen LogP contribution in [0.4, 0.5) is 0 Å². The Bertz CT molecular complexity index is 905. The molecular formula is C24H31N3O4. The monoisotopic (exact) mass is 425 g/mol. The molecule has 0 aliphatic carbocycles. The highest BCUT2D eigenvalue weighted by atomic mass is 16.3. The zero-order valence-corrected chi connectivity index (χ0v) is 18.6. The Hall–Kier alpha value is -3.09. The highest BCUT2D eigenvalue weighted by Gasteiger charge is 2.27. The van der Waals surface area contributed by atoms with Crippen LogP contribution in [0.2, 0.25) is 0 Å². The fourth-order valence-electron chi connectivity index (χ4n) is 3.58. The number of hydrogen-bond donors (Lipinski definition) is 2. The summed E-state index contributed by atoms with van der Waals surface area (Å²) in [7, 11) is 0. The highest BCUT2D eigenvalue weighted by Crippen LogP contribution is 2.22. The first-order chi connectivity index (χ1) is 14.6. The predicted octanol–water partition coefficient (Wildman–Crippen LogP) is 3.12. The van der Waals surface area contributed by atoms with Crippen molar-refractivity contribution in [3.05, 3.63) is 59.5 Å². The number of rotatable bonds is 5. The maximum atomic E-state index is 12.5. The number of likely N-dealkylation sites (tertiary alicyclic amines) is 1. The van der Waals surface area contributed by atoms with Crippen LogP contribution in [0.15, 0.2) is 47.1 Å². The van der Waals surface area contributed by atoms with Gasteiger partial charge in [-0.1, -0.05) is 32.9 Å². The van der Waals surface area contributed by atoms with E-state index in [0.29, 0.717) is 37.3 Å². The minimum absolute atomic E-state index is 0.0142. The number of carbonyl (C=O) groups is 3. The van der Waals surface area contributed by atoms with Crippen molar-refractivity contribution in [3.63, 3.8) is 0 Å². The molecule has 1 aliphatic heterocycles. The summed E-state index contributed by atoms with van der Waals surface area (Å²) in [5, 5.41) is 5.75. The van der Waals surface area contributed by atoms with E-state index in [-0.39, 0.29) is 29.2 Å². The minimum Gasteiger partial charge on any atom is -0.459 e. The Labute approximate surface area is 183 Å². The summed E-state index contributed by atoms with van der Waals surface area (Å²) in [6.45, 7) is 9.12. The molecule has 2 heterocycles. The molecule has 3 rings (SSSR count). The van der Waals surface area contributed by atoms with E-state index < -0.39 is 6.04 Å². The summed E-state index contributed by atoms with van der Waals surface area (Å²) >= 11 is 0. The first-order valence-electron chi connectivity index (χ1n) is 10.7.